The summed E-state index contributed by atoms with van der Waals surface area (Å²) in [6, 6.07) is 8.34. The van der Waals surface area contributed by atoms with Gasteiger partial charge in [0.1, 0.15) is 0 Å². The first-order valence-electron chi connectivity index (χ1n) is 5.20. The number of hydrogen-bond acceptors (Lipinski definition) is 1. The fourth-order valence-corrected chi connectivity index (χ4v) is 1.36. The van der Waals surface area contributed by atoms with Crippen LogP contribution in [0.1, 0.15) is 11.1 Å². The average Bonchev–Trinajstić information content (AvgIpc) is 2.29. The molecule has 2 N–H and O–H groups in total. The van der Waals surface area contributed by atoms with Crippen molar-refractivity contribution in [2.24, 2.45) is 4.99 Å². The average molecular weight is 215 g/mol. The number of aliphatic imine (C=N–C) groups is 1. The molecule has 0 aromatic heterocycles. The van der Waals surface area contributed by atoms with E-state index in [0.29, 0.717) is 6.54 Å². The van der Waals surface area contributed by atoms with E-state index in [1.54, 1.807) is 7.05 Å². The minimum absolute atomic E-state index is 0.480. The summed E-state index contributed by atoms with van der Waals surface area (Å²) in [5.41, 5.74) is 2.48. The van der Waals surface area contributed by atoms with Crippen LogP contribution in [0.25, 0.3) is 0 Å². The van der Waals surface area contributed by atoms with Crippen LogP contribution < -0.4 is 10.6 Å². The largest absolute Gasteiger partial charge is 0.352 e. The highest BCUT2D eigenvalue weighted by molar-refractivity contribution is 5.79. The maximum absolute atomic E-state index is 5.16. The molecule has 0 aliphatic carbocycles. The second-order valence-corrected chi connectivity index (χ2v) is 3.47. The number of nitrogens with zero attached hydrogens (tertiary/aromatic N) is 1. The van der Waals surface area contributed by atoms with Gasteiger partial charge in [0.25, 0.3) is 0 Å². The maximum atomic E-state index is 5.16. The molecule has 0 unspecified atom stereocenters. The van der Waals surface area contributed by atoms with Crippen molar-refractivity contribution in [2.45, 2.75) is 13.5 Å². The zero-order chi connectivity index (χ0) is 11.8. The van der Waals surface area contributed by atoms with Gasteiger partial charge in [-0.05, 0) is 12.5 Å². The van der Waals surface area contributed by atoms with E-state index in [1.807, 2.05) is 6.07 Å². The molecule has 0 radical (unpaired) electrons. The molecule has 3 heteroatoms. The topological polar surface area (TPSA) is 36.4 Å². The van der Waals surface area contributed by atoms with E-state index >= 15 is 0 Å². The SMILES string of the molecule is C#CCNC(=NC)NCc1cccc(C)c1. The summed E-state index contributed by atoms with van der Waals surface area (Å²) in [7, 11) is 1.72. The first kappa shape index (κ1) is 12.1. The fraction of sp³-hybridized carbons (Fsp3) is 0.308. The molecule has 0 fully saturated rings. The van der Waals surface area contributed by atoms with Crippen molar-refractivity contribution in [1.82, 2.24) is 10.6 Å². The molecule has 84 valence electrons. The van der Waals surface area contributed by atoms with Crippen molar-refractivity contribution < 1.29 is 0 Å². The fourth-order valence-electron chi connectivity index (χ4n) is 1.36. The Bertz CT molecular complexity index is 402. The lowest BCUT2D eigenvalue weighted by atomic mass is 10.1. The third kappa shape index (κ3) is 4.05. The molecule has 0 aliphatic rings. The lowest BCUT2D eigenvalue weighted by Crippen LogP contribution is -2.36. The Morgan fingerprint density at radius 3 is 2.88 bits per heavy atom. The van der Waals surface area contributed by atoms with Gasteiger partial charge in [-0.2, -0.15) is 0 Å². The number of hydrogen-bond donors (Lipinski definition) is 2. The van der Waals surface area contributed by atoms with E-state index in [0.717, 1.165) is 12.5 Å². The Labute approximate surface area is 97.0 Å². The van der Waals surface area contributed by atoms with Gasteiger partial charge in [-0.1, -0.05) is 35.7 Å². The van der Waals surface area contributed by atoms with Gasteiger partial charge in [0.15, 0.2) is 5.96 Å². The standard InChI is InChI=1S/C13H17N3/c1-4-8-15-13(14-3)16-10-12-7-5-6-11(2)9-12/h1,5-7,9H,8,10H2,2-3H3,(H2,14,15,16). The summed E-state index contributed by atoms with van der Waals surface area (Å²) in [6.07, 6.45) is 5.16. The van der Waals surface area contributed by atoms with Gasteiger partial charge >= 0.3 is 0 Å². The van der Waals surface area contributed by atoms with Crippen molar-refractivity contribution in [1.29, 1.82) is 0 Å². The Morgan fingerprint density at radius 2 is 2.25 bits per heavy atom. The van der Waals surface area contributed by atoms with Crippen LogP contribution in [0.15, 0.2) is 29.3 Å². The van der Waals surface area contributed by atoms with Gasteiger partial charge in [0.2, 0.25) is 0 Å². The molecule has 0 aliphatic heterocycles. The van der Waals surface area contributed by atoms with Gasteiger partial charge in [-0.15, -0.1) is 6.42 Å². The Balaban J connectivity index is 2.47. The summed E-state index contributed by atoms with van der Waals surface area (Å²) in [5.74, 6) is 3.23. The summed E-state index contributed by atoms with van der Waals surface area (Å²) < 4.78 is 0. The minimum atomic E-state index is 0.480. The van der Waals surface area contributed by atoms with Crippen LogP contribution >= 0.6 is 0 Å². The third-order valence-electron chi connectivity index (χ3n) is 2.12. The van der Waals surface area contributed by atoms with Crippen LogP contribution in [0.5, 0.6) is 0 Å². The number of aryl methyl sites for hydroxylation is 1. The van der Waals surface area contributed by atoms with E-state index in [2.05, 4.69) is 46.7 Å². The van der Waals surface area contributed by atoms with Crippen LogP contribution in [0.2, 0.25) is 0 Å². The quantitative estimate of drug-likeness (QED) is 0.453. The second kappa shape index (κ2) is 6.52. The van der Waals surface area contributed by atoms with Crippen LogP contribution in [-0.2, 0) is 6.54 Å². The third-order valence-corrected chi connectivity index (χ3v) is 2.12. The zero-order valence-electron chi connectivity index (χ0n) is 9.75. The molecule has 0 heterocycles. The number of guanidine groups is 1. The molecule has 0 spiro atoms. The summed E-state index contributed by atoms with van der Waals surface area (Å²) in [4.78, 5) is 4.06. The predicted molar refractivity (Wildman–Crippen MR) is 68.2 cm³/mol. The van der Waals surface area contributed by atoms with Gasteiger partial charge in [-0.25, -0.2) is 0 Å². The summed E-state index contributed by atoms with van der Waals surface area (Å²) in [5, 5.41) is 6.20. The monoisotopic (exact) mass is 215 g/mol. The predicted octanol–water partition coefficient (Wildman–Crippen LogP) is 1.29. The lowest BCUT2D eigenvalue weighted by Gasteiger charge is -2.10. The van der Waals surface area contributed by atoms with E-state index in [-0.39, 0.29) is 0 Å². The summed E-state index contributed by atoms with van der Waals surface area (Å²) in [6.45, 7) is 3.30. The van der Waals surface area contributed by atoms with Crippen molar-refractivity contribution >= 4 is 5.96 Å². The maximum Gasteiger partial charge on any atom is 0.192 e. The molecule has 1 aromatic rings. The van der Waals surface area contributed by atoms with Crippen molar-refractivity contribution in [2.75, 3.05) is 13.6 Å². The minimum Gasteiger partial charge on any atom is -0.352 e. The van der Waals surface area contributed by atoms with Gasteiger partial charge in [0.05, 0.1) is 6.54 Å². The molecule has 0 bridgehead atoms. The molecule has 1 aromatic carbocycles. The molecule has 0 atom stereocenters. The molecular formula is C13H17N3. The normalized spacial score (nSPS) is 10.7. The van der Waals surface area contributed by atoms with Crippen molar-refractivity contribution in [3.8, 4) is 12.3 Å². The zero-order valence-corrected chi connectivity index (χ0v) is 9.75. The van der Waals surface area contributed by atoms with E-state index < -0.39 is 0 Å². The number of benzene rings is 1. The molecule has 1 rings (SSSR count). The molecule has 0 amide bonds. The molecule has 0 saturated carbocycles. The first-order valence-corrected chi connectivity index (χ1v) is 5.20. The second-order valence-electron chi connectivity index (χ2n) is 3.47. The van der Waals surface area contributed by atoms with Crippen LogP contribution in [-0.4, -0.2) is 19.6 Å². The number of rotatable bonds is 3. The molecule has 3 nitrogen and oxygen atoms in total. The van der Waals surface area contributed by atoms with Crippen LogP contribution in [0.4, 0.5) is 0 Å². The van der Waals surface area contributed by atoms with E-state index in [4.69, 9.17) is 6.42 Å². The highest BCUT2D eigenvalue weighted by atomic mass is 15.2. The van der Waals surface area contributed by atoms with Crippen molar-refractivity contribution in [3.63, 3.8) is 0 Å². The highest BCUT2D eigenvalue weighted by Crippen LogP contribution is 2.02. The lowest BCUT2D eigenvalue weighted by molar-refractivity contribution is 0.850. The smallest absolute Gasteiger partial charge is 0.192 e. The van der Waals surface area contributed by atoms with E-state index in [9.17, 15) is 0 Å². The van der Waals surface area contributed by atoms with Crippen molar-refractivity contribution in [3.05, 3.63) is 35.4 Å². The molecular weight excluding hydrogens is 198 g/mol. The van der Waals surface area contributed by atoms with Crippen LogP contribution in [0, 0.1) is 19.3 Å². The van der Waals surface area contributed by atoms with Gasteiger partial charge in [-0.3, -0.25) is 4.99 Å². The number of terminal acetylenes is 1. The van der Waals surface area contributed by atoms with Crippen LogP contribution in [0.3, 0.4) is 0 Å². The molecule has 16 heavy (non-hydrogen) atoms. The van der Waals surface area contributed by atoms with Gasteiger partial charge in [0, 0.05) is 13.6 Å². The Hall–Kier alpha value is -1.95. The number of nitrogens with one attached hydrogen (secondary N) is 2. The van der Waals surface area contributed by atoms with Gasteiger partial charge < -0.3 is 10.6 Å². The Morgan fingerprint density at radius 1 is 1.44 bits per heavy atom. The van der Waals surface area contributed by atoms with E-state index in [1.165, 1.54) is 11.1 Å². The first-order chi connectivity index (χ1) is 7.76. The highest BCUT2D eigenvalue weighted by Gasteiger charge is 1.96. The Kier molecular flexibility index (Phi) is 4.94. The summed E-state index contributed by atoms with van der Waals surface area (Å²) >= 11 is 0. The molecule has 0 saturated heterocycles.